The third kappa shape index (κ3) is 4.86. The van der Waals surface area contributed by atoms with Gasteiger partial charge in [0.05, 0.1) is 0 Å². The molecule has 1 aromatic heterocycles. The summed E-state index contributed by atoms with van der Waals surface area (Å²) in [6, 6.07) is 12.7. The molecule has 3 aromatic rings. The van der Waals surface area contributed by atoms with Gasteiger partial charge < -0.3 is 9.15 Å². The van der Waals surface area contributed by atoms with Gasteiger partial charge in [0.2, 0.25) is 5.89 Å². The van der Waals surface area contributed by atoms with Crippen molar-refractivity contribution in [3.05, 3.63) is 59.0 Å². The molecule has 0 bridgehead atoms. The van der Waals surface area contributed by atoms with Crippen LogP contribution in [0.3, 0.4) is 0 Å². The van der Waals surface area contributed by atoms with Crippen molar-refractivity contribution in [2.45, 2.75) is 66.5 Å². The highest BCUT2D eigenvalue weighted by atomic mass is 16.5. The molecule has 0 fully saturated rings. The van der Waals surface area contributed by atoms with Crippen LogP contribution in [-0.4, -0.2) is 23.0 Å². The van der Waals surface area contributed by atoms with Gasteiger partial charge in [0.1, 0.15) is 17.9 Å². The molecule has 2 aromatic carbocycles. The number of hydrogen-bond acceptors (Lipinski definition) is 4. The van der Waals surface area contributed by atoms with E-state index in [-0.39, 0.29) is 5.41 Å². The van der Waals surface area contributed by atoms with Gasteiger partial charge in [-0.2, -0.15) is 0 Å². The van der Waals surface area contributed by atoms with Gasteiger partial charge in [0, 0.05) is 25.0 Å². The van der Waals surface area contributed by atoms with Gasteiger partial charge in [-0.15, -0.1) is 0 Å². The molecule has 30 heavy (non-hydrogen) atoms. The topological polar surface area (TPSA) is 38.5 Å². The first kappa shape index (κ1) is 20.9. The van der Waals surface area contributed by atoms with Crippen LogP contribution in [0.2, 0.25) is 0 Å². The lowest BCUT2D eigenvalue weighted by molar-refractivity contribution is 0.176. The molecule has 0 saturated heterocycles. The van der Waals surface area contributed by atoms with Crippen molar-refractivity contribution in [1.82, 2.24) is 9.88 Å². The average molecular weight is 407 g/mol. The lowest BCUT2D eigenvalue weighted by Crippen LogP contribution is -2.36. The second-order valence-electron chi connectivity index (χ2n) is 10.8. The normalized spacial score (nSPS) is 15.4. The smallest absolute Gasteiger partial charge is 0.200 e. The van der Waals surface area contributed by atoms with Crippen LogP contribution in [0.1, 0.15) is 64.1 Å². The van der Waals surface area contributed by atoms with Crippen molar-refractivity contribution in [3.8, 4) is 5.75 Å². The van der Waals surface area contributed by atoms with Gasteiger partial charge in [-0.1, -0.05) is 53.7 Å². The van der Waals surface area contributed by atoms with Crippen molar-refractivity contribution in [1.29, 1.82) is 0 Å². The summed E-state index contributed by atoms with van der Waals surface area (Å²) in [4.78, 5) is 7.16. The fourth-order valence-corrected chi connectivity index (χ4v) is 4.03. The Kier molecular flexibility index (Phi) is 5.39. The number of hydrogen-bond donors (Lipinski definition) is 0. The zero-order valence-corrected chi connectivity index (χ0v) is 19.2. The molecule has 0 N–H and O–H groups in total. The minimum absolute atomic E-state index is 0.0975. The maximum atomic E-state index is 6.14. The third-order valence-electron chi connectivity index (χ3n) is 5.47. The summed E-state index contributed by atoms with van der Waals surface area (Å²) in [5.41, 5.74) is 5.87. The van der Waals surface area contributed by atoms with E-state index in [0.29, 0.717) is 12.0 Å². The van der Waals surface area contributed by atoms with Crippen LogP contribution in [0, 0.1) is 5.41 Å². The Balaban J connectivity index is 1.45. The van der Waals surface area contributed by atoms with Gasteiger partial charge in [0.25, 0.3) is 0 Å². The van der Waals surface area contributed by atoms with Crippen molar-refractivity contribution in [2.75, 3.05) is 13.1 Å². The second kappa shape index (κ2) is 7.73. The molecular weight excluding hydrogens is 372 g/mol. The highest BCUT2D eigenvalue weighted by molar-refractivity contribution is 5.73. The monoisotopic (exact) mass is 406 g/mol. The molecule has 1 aliphatic heterocycles. The molecule has 2 heterocycles. The maximum Gasteiger partial charge on any atom is 0.200 e. The van der Waals surface area contributed by atoms with E-state index in [4.69, 9.17) is 9.15 Å². The molecule has 4 heteroatoms. The summed E-state index contributed by atoms with van der Waals surface area (Å²) in [5, 5.41) is 0. The first-order valence-corrected chi connectivity index (χ1v) is 10.9. The SMILES string of the molecule is CC(C)(C)CN1CCc2ccc(OCc3ccc4nc(C(C)(C)C)oc4c3)cc2C1. The molecule has 0 spiro atoms. The zero-order chi connectivity index (χ0) is 21.5. The van der Waals surface area contributed by atoms with Crippen molar-refractivity contribution < 1.29 is 9.15 Å². The lowest BCUT2D eigenvalue weighted by atomic mass is 9.93. The predicted molar refractivity (Wildman–Crippen MR) is 122 cm³/mol. The summed E-state index contributed by atoms with van der Waals surface area (Å²) in [5.74, 6) is 1.70. The number of fused-ring (bicyclic) bond motifs is 2. The third-order valence-corrected chi connectivity index (χ3v) is 5.47. The first-order chi connectivity index (χ1) is 14.1. The van der Waals surface area contributed by atoms with Crippen LogP contribution >= 0.6 is 0 Å². The van der Waals surface area contributed by atoms with E-state index in [2.05, 4.69) is 75.7 Å². The number of rotatable bonds is 4. The summed E-state index contributed by atoms with van der Waals surface area (Å²) in [6.45, 7) is 17.0. The van der Waals surface area contributed by atoms with Crippen LogP contribution in [0.25, 0.3) is 11.1 Å². The number of aromatic nitrogens is 1. The fourth-order valence-electron chi connectivity index (χ4n) is 4.03. The van der Waals surface area contributed by atoms with Crippen LogP contribution in [0.4, 0.5) is 0 Å². The molecule has 0 amide bonds. The zero-order valence-electron chi connectivity index (χ0n) is 19.2. The van der Waals surface area contributed by atoms with Crippen LogP contribution in [0.5, 0.6) is 5.75 Å². The van der Waals surface area contributed by atoms with Crippen molar-refractivity contribution in [3.63, 3.8) is 0 Å². The van der Waals surface area contributed by atoms with E-state index in [1.165, 1.54) is 11.1 Å². The summed E-state index contributed by atoms with van der Waals surface area (Å²) >= 11 is 0. The van der Waals surface area contributed by atoms with E-state index in [9.17, 15) is 0 Å². The molecule has 0 atom stereocenters. The van der Waals surface area contributed by atoms with Gasteiger partial charge in [0.15, 0.2) is 5.58 Å². The van der Waals surface area contributed by atoms with Gasteiger partial charge in [-0.3, -0.25) is 4.90 Å². The molecule has 0 aliphatic carbocycles. The summed E-state index contributed by atoms with van der Waals surface area (Å²) in [6.07, 6.45) is 1.12. The van der Waals surface area contributed by atoms with E-state index in [0.717, 1.165) is 54.4 Å². The Bertz CT molecular complexity index is 1040. The molecule has 0 unspecified atom stereocenters. The van der Waals surface area contributed by atoms with E-state index >= 15 is 0 Å². The van der Waals surface area contributed by atoms with Crippen LogP contribution in [0.15, 0.2) is 40.8 Å². The molecule has 0 radical (unpaired) electrons. The highest BCUT2D eigenvalue weighted by Gasteiger charge is 2.22. The number of ether oxygens (including phenoxy) is 1. The Morgan fingerprint density at radius 2 is 1.80 bits per heavy atom. The largest absolute Gasteiger partial charge is 0.489 e. The molecule has 4 rings (SSSR count). The predicted octanol–water partition coefficient (Wildman–Crippen LogP) is 6.11. The molecular formula is C26H34N2O2. The minimum atomic E-state index is -0.0975. The summed E-state index contributed by atoms with van der Waals surface area (Å²) in [7, 11) is 0. The molecule has 160 valence electrons. The highest BCUT2D eigenvalue weighted by Crippen LogP contribution is 2.28. The fraction of sp³-hybridized carbons (Fsp3) is 0.500. The standard InChI is InChI=1S/C26H34N2O2/c1-25(2,3)17-28-12-11-19-8-9-21(14-20(19)15-28)29-16-18-7-10-22-23(13-18)30-24(27-22)26(4,5)6/h7-10,13-14H,11-12,15-17H2,1-6H3. The van der Waals surface area contributed by atoms with E-state index in [1.54, 1.807) is 0 Å². The van der Waals surface area contributed by atoms with Gasteiger partial charge in [-0.05, 0) is 52.8 Å². The second-order valence-corrected chi connectivity index (χ2v) is 10.8. The number of nitrogens with zero attached hydrogens (tertiary/aromatic N) is 2. The quantitative estimate of drug-likeness (QED) is 0.524. The summed E-state index contributed by atoms with van der Waals surface area (Å²) < 4.78 is 12.1. The number of oxazole rings is 1. The lowest BCUT2D eigenvalue weighted by Gasteiger charge is -2.34. The van der Waals surface area contributed by atoms with Crippen LogP contribution in [-0.2, 0) is 25.0 Å². The van der Waals surface area contributed by atoms with Crippen molar-refractivity contribution in [2.24, 2.45) is 5.41 Å². The van der Waals surface area contributed by atoms with Crippen LogP contribution < -0.4 is 4.74 Å². The Morgan fingerprint density at radius 3 is 2.53 bits per heavy atom. The first-order valence-electron chi connectivity index (χ1n) is 10.9. The molecule has 1 aliphatic rings. The maximum absolute atomic E-state index is 6.14. The Morgan fingerprint density at radius 1 is 1.00 bits per heavy atom. The van der Waals surface area contributed by atoms with Crippen molar-refractivity contribution >= 4 is 11.1 Å². The Hall–Kier alpha value is -2.33. The average Bonchev–Trinajstić information content (AvgIpc) is 3.08. The van der Waals surface area contributed by atoms with Gasteiger partial charge >= 0.3 is 0 Å². The number of benzene rings is 2. The molecule has 0 saturated carbocycles. The molecule has 4 nitrogen and oxygen atoms in total. The van der Waals surface area contributed by atoms with E-state index in [1.807, 2.05) is 12.1 Å². The van der Waals surface area contributed by atoms with E-state index < -0.39 is 0 Å². The minimum Gasteiger partial charge on any atom is -0.489 e. The Labute approximate surface area is 180 Å². The van der Waals surface area contributed by atoms with Gasteiger partial charge in [-0.25, -0.2) is 4.98 Å².